The first-order chi connectivity index (χ1) is 9.19. The smallest absolute Gasteiger partial charge is 0.227 e. The van der Waals surface area contributed by atoms with Crippen molar-refractivity contribution in [2.24, 2.45) is 0 Å². The molecule has 0 saturated carbocycles. The lowest BCUT2D eigenvalue weighted by Gasteiger charge is -2.32. The van der Waals surface area contributed by atoms with Gasteiger partial charge in [0.1, 0.15) is 5.82 Å². The van der Waals surface area contributed by atoms with Crippen LogP contribution in [-0.2, 0) is 4.74 Å². The Morgan fingerprint density at radius 1 is 1.26 bits per heavy atom. The van der Waals surface area contributed by atoms with E-state index >= 15 is 0 Å². The molecule has 6 heteroatoms. The molecule has 2 heterocycles. The molecular formula is C13H23N5O. The van der Waals surface area contributed by atoms with E-state index in [1.54, 1.807) is 7.11 Å². The van der Waals surface area contributed by atoms with Gasteiger partial charge in [-0.1, -0.05) is 0 Å². The number of methoxy groups -OCH3 is 1. The van der Waals surface area contributed by atoms with Crippen molar-refractivity contribution in [2.75, 3.05) is 63.7 Å². The second kappa shape index (κ2) is 6.68. The molecule has 1 N–H and O–H groups in total. The van der Waals surface area contributed by atoms with E-state index in [0.29, 0.717) is 6.61 Å². The summed E-state index contributed by atoms with van der Waals surface area (Å²) in [5, 5.41) is 3.26. The molecule has 1 aliphatic heterocycles. The Bertz CT molecular complexity index is 404. The van der Waals surface area contributed by atoms with Gasteiger partial charge >= 0.3 is 0 Å². The van der Waals surface area contributed by atoms with Crippen LogP contribution >= 0.6 is 0 Å². The van der Waals surface area contributed by atoms with Crippen LogP contribution in [-0.4, -0.2) is 68.4 Å². The summed E-state index contributed by atoms with van der Waals surface area (Å²) in [4.78, 5) is 13.7. The molecule has 0 aromatic carbocycles. The number of rotatable bonds is 5. The summed E-state index contributed by atoms with van der Waals surface area (Å²) in [6, 6.07) is 1.97. The number of hydrogen-bond donors (Lipinski definition) is 1. The summed E-state index contributed by atoms with van der Waals surface area (Å²) in [6.07, 6.45) is 0. The third-order valence-electron chi connectivity index (χ3n) is 3.24. The number of nitrogens with one attached hydrogen (secondary N) is 1. The molecule has 0 radical (unpaired) electrons. The Kier molecular flexibility index (Phi) is 4.93. The van der Waals surface area contributed by atoms with E-state index in [1.807, 2.05) is 13.0 Å². The van der Waals surface area contributed by atoms with Crippen LogP contribution in [0.4, 0.5) is 11.8 Å². The van der Waals surface area contributed by atoms with Gasteiger partial charge in [0.15, 0.2) is 0 Å². The van der Waals surface area contributed by atoms with Crippen LogP contribution in [0.15, 0.2) is 6.07 Å². The quantitative estimate of drug-likeness (QED) is 0.787. The van der Waals surface area contributed by atoms with E-state index < -0.39 is 0 Å². The van der Waals surface area contributed by atoms with Gasteiger partial charge in [0.05, 0.1) is 6.61 Å². The molecule has 19 heavy (non-hydrogen) atoms. The Balaban J connectivity index is 2.03. The summed E-state index contributed by atoms with van der Waals surface area (Å²) in [5.41, 5.74) is 0.990. The number of piperazine rings is 1. The maximum Gasteiger partial charge on any atom is 0.227 e. The fourth-order valence-electron chi connectivity index (χ4n) is 2.07. The number of likely N-dealkylation sites (N-methyl/N-ethyl adjacent to an activating group) is 1. The van der Waals surface area contributed by atoms with Gasteiger partial charge in [-0.15, -0.1) is 0 Å². The second-order valence-corrected chi connectivity index (χ2v) is 4.90. The van der Waals surface area contributed by atoms with E-state index in [2.05, 4.69) is 32.1 Å². The molecule has 1 fully saturated rings. The van der Waals surface area contributed by atoms with Crippen molar-refractivity contribution in [3.05, 3.63) is 11.8 Å². The lowest BCUT2D eigenvalue weighted by molar-refractivity contribution is 0.210. The lowest BCUT2D eigenvalue weighted by Crippen LogP contribution is -2.45. The molecule has 0 unspecified atom stereocenters. The molecular weight excluding hydrogens is 242 g/mol. The summed E-state index contributed by atoms with van der Waals surface area (Å²) in [6.45, 7) is 7.52. The third-order valence-corrected chi connectivity index (χ3v) is 3.24. The topological polar surface area (TPSA) is 53.5 Å². The Morgan fingerprint density at radius 3 is 2.68 bits per heavy atom. The maximum atomic E-state index is 5.03. The van der Waals surface area contributed by atoms with Gasteiger partial charge in [-0.2, -0.15) is 4.98 Å². The van der Waals surface area contributed by atoms with Crippen LogP contribution in [0.5, 0.6) is 0 Å². The van der Waals surface area contributed by atoms with Crippen molar-refractivity contribution in [2.45, 2.75) is 6.92 Å². The van der Waals surface area contributed by atoms with Crippen LogP contribution in [0.1, 0.15) is 5.69 Å². The average Bonchev–Trinajstić information content (AvgIpc) is 2.39. The van der Waals surface area contributed by atoms with E-state index in [0.717, 1.165) is 50.2 Å². The molecule has 0 spiro atoms. The standard InChI is InChI=1S/C13H23N5O/c1-11-10-12(14-4-9-19-3)16-13(15-11)18-7-5-17(2)6-8-18/h10H,4-9H2,1-3H3,(H,14,15,16). The highest BCUT2D eigenvalue weighted by Crippen LogP contribution is 2.15. The van der Waals surface area contributed by atoms with Crippen molar-refractivity contribution >= 4 is 11.8 Å². The normalized spacial score (nSPS) is 16.7. The number of hydrogen-bond acceptors (Lipinski definition) is 6. The summed E-state index contributed by atoms with van der Waals surface area (Å²) >= 11 is 0. The number of nitrogens with zero attached hydrogens (tertiary/aromatic N) is 4. The minimum atomic E-state index is 0.674. The minimum Gasteiger partial charge on any atom is -0.383 e. The summed E-state index contributed by atoms with van der Waals surface area (Å²) < 4.78 is 5.03. The number of ether oxygens (including phenoxy) is 1. The van der Waals surface area contributed by atoms with Crippen molar-refractivity contribution in [1.29, 1.82) is 0 Å². The van der Waals surface area contributed by atoms with Gasteiger partial charge in [-0.3, -0.25) is 0 Å². The minimum absolute atomic E-state index is 0.674. The molecule has 2 rings (SSSR count). The van der Waals surface area contributed by atoms with Crippen LogP contribution in [0.25, 0.3) is 0 Å². The molecule has 1 aromatic heterocycles. The molecule has 6 nitrogen and oxygen atoms in total. The Morgan fingerprint density at radius 2 is 2.00 bits per heavy atom. The monoisotopic (exact) mass is 265 g/mol. The highest BCUT2D eigenvalue weighted by Gasteiger charge is 2.17. The first-order valence-corrected chi connectivity index (χ1v) is 6.71. The fraction of sp³-hybridized carbons (Fsp3) is 0.692. The SMILES string of the molecule is COCCNc1cc(C)nc(N2CCN(C)CC2)n1. The summed E-state index contributed by atoms with van der Waals surface area (Å²) in [5.74, 6) is 1.70. The number of anilines is 2. The Hall–Kier alpha value is -1.40. The predicted octanol–water partition coefficient (Wildman–Crippen LogP) is 0.595. The van der Waals surface area contributed by atoms with Crippen molar-refractivity contribution in [1.82, 2.24) is 14.9 Å². The van der Waals surface area contributed by atoms with Gasteiger partial charge in [-0.05, 0) is 14.0 Å². The van der Waals surface area contributed by atoms with E-state index in [4.69, 9.17) is 4.74 Å². The van der Waals surface area contributed by atoms with Gasteiger partial charge in [0.2, 0.25) is 5.95 Å². The molecule has 1 aromatic rings. The predicted molar refractivity (Wildman–Crippen MR) is 76.8 cm³/mol. The first-order valence-electron chi connectivity index (χ1n) is 6.71. The van der Waals surface area contributed by atoms with Gasteiger partial charge in [0.25, 0.3) is 0 Å². The largest absolute Gasteiger partial charge is 0.383 e. The van der Waals surface area contributed by atoms with Gasteiger partial charge in [0, 0.05) is 51.6 Å². The van der Waals surface area contributed by atoms with Crippen LogP contribution < -0.4 is 10.2 Å². The van der Waals surface area contributed by atoms with Crippen molar-refractivity contribution in [3.63, 3.8) is 0 Å². The van der Waals surface area contributed by atoms with Crippen LogP contribution in [0.2, 0.25) is 0 Å². The number of aromatic nitrogens is 2. The molecule has 106 valence electrons. The van der Waals surface area contributed by atoms with Crippen LogP contribution in [0, 0.1) is 6.92 Å². The maximum absolute atomic E-state index is 5.03. The van der Waals surface area contributed by atoms with Crippen LogP contribution in [0.3, 0.4) is 0 Å². The first kappa shape index (κ1) is 14.0. The molecule has 1 saturated heterocycles. The zero-order valence-corrected chi connectivity index (χ0v) is 12.0. The molecule has 0 amide bonds. The second-order valence-electron chi connectivity index (χ2n) is 4.90. The van der Waals surface area contributed by atoms with E-state index in [1.165, 1.54) is 0 Å². The zero-order valence-electron chi connectivity index (χ0n) is 12.0. The van der Waals surface area contributed by atoms with E-state index in [9.17, 15) is 0 Å². The number of aryl methyl sites for hydroxylation is 1. The van der Waals surface area contributed by atoms with Gasteiger partial charge in [-0.25, -0.2) is 4.98 Å². The molecule has 1 aliphatic rings. The van der Waals surface area contributed by atoms with Crippen molar-refractivity contribution in [3.8, 4) is 0 Å². The highest BCUT2D eigenvalue weighted by molar-refractivity contribution is 5.43. The highest BCUT2D eigenvalue weighted by atomic mass is 16.5. The van der Waals surface area contributed by atoms with Crippen molar-refractivity contribution < 1.29 is 4.74 Å². The molecule has 0 aliphatic carbocycles. The zero-order chi connectivity index (χ0) is 13.7. The average molecular weight is 265 g/mol. The third kappa shape index (κ3) is 4.04. The van der Waals surface area contributed by atoms with E-state index in [-0.39, 0.29) is 0 Å². The lowest BCUT2D eigenvalue weighted by atomic mass is 10.3. The van der Waals surface area contributed by atoms with Gasteiger partial charge < -0.3 is 19.9 Å². The molecule has 0 atom stereocenters. The Labute approximate surface area is 114 Å². The fourth-order valence-corrected chi connectivity index (χ4v) is 2.07. The molecule has 0 bridgehead atoms. The summed E-state index contributed by atoms with van der Waals surface area (Å²) in [7, 11) is 3.84.